The zero-order chi connectivity index (χ0) is 27.6. The molecule has 2 aromatic heterocycles. The SMILES string of the molecule is CC(Cc1c[nH]c2ccccc12)(NC(=O)c1ccc2cc[nH]c2c1)C(=O)NCC1(c2ccccc2)CCCCC1. The molecule has 0 aliphatic heterocycles. The van der Waals surface area contributed by atoms with Crippen LogP contribution in [0.25, 0.3) is 21.8 Å². The summed E-state index contributed by atoms with van der Waals surface area (Å²) < 4.78 is 0. The minimum absolute atomic E-state index is 0.0977. The Hall–Kier alpha value is -4.32. The smallest absolute Gasteiger partial charge is 0.252 e. The highest BCUT2D eigenvalue weighted by Crippen LogP contribution is 2.39. The van der Waals surface area contributed by atoms with Gasteiger partial charge in [0.1, 0.15) is 5.54 Å². The summed E-state index contributed by atoms with van der Waals surface area (Å²) in [6.45, 7) is 2.38. The highest BCUT2D eigenvalue weighted by Gasteiger charge is 2.39. The van der Waals surface area contributed by atoms with E-state index in [0.717, 1.165) is 53.1 Å². The Balaban J connectivity index is 1.29. The van der Waals surface area contributed by atoms with E-state index >= 15 is 0 Å². The van der Waals surface area contributed by atoms with Crippen LogP contribution in [0.1, 0.15) is 60.5 Å². The number of hydrogen-bond acceptors (Lipinski definition) is 2. The number of aromatic amines is 2. The summed E-state index contributed by atoms with van der Waals surface area (Å²) in [5.41, 5.74) is 3.41. The lowest BCUT2D eigenvalue weighted by atomic mass is 9.69. The number of hydrogen-bond donors (Lipinski definition) is 4. The quantitative estimate of drug-likeness (QED) is 0.186. The van der Waals surface area contributed by atoms with Gasteiger partial charge in [-0.3, -0.25) is 9.59 Å². The van der Waals surface area contributed by atoms with Crippen molar-refractivity contribution in [3.63, 3.8) is 0 Å². The van der Waals surface area contributed by atoms with Crippen LogP contribution in [-0.4, -0.2) is 33.9 Å². The van der Waals surface area contributed by atoms with E-state index in [0.29, 0.717) is 18.5 Å². The predicted molar refractivity (Wildman–Crippen MR) is 160 cm³/mol. The summed E-state index contributed by atoms with van der Waals surface area (Å²) in [5.74, 6) is -0.447. The van der Waals surface area contributed by atoms with E-state index in [9.17, 15) is 9.59 Å². The van der Waals surface area contributed by atoms with E-state index in [-0.39, 0.29) is 17.2 Å². The van der Waals surface area contributed by atoms with Gasteiger partial charge in [-0.15, -0.1) is 0 Å². The fourth-order valence-corrected chi connectivity index (χ4v) is 6.38. The molecule has 3 aromatic carbocycles. The highest BCUT2D eigenvalue weighted by atomic mass is 16.2. The van der Waals surface area contributed by atoms with Crippen molar-refractivity contribution in [2.45, 2.75) is 56.4 Å². The van der Waals surface area contributed by atoms with Gasteiger partial charge in [0.15, 0.2) is 0 Å². The maximum Gasteiger partial charge on any atom is 0.252 e. The summed E-state index contributed by atoms with van der Waals surface area (Å²) in [6, 6.07) is 26.1. The van der Waals surface area contributed by atoms with E-state index in [1.165, 1.54) is 12.0 Å². The Bertz CT molecular complexity index is 1640. The molecule has 1 atom stereocenters. The molecule has 2 amide bonds. The molecule has 0 bridgehead atoms. The van der Waals surface area contributed by atoms with E-state index in [1.807, 2.05) is 73.9 Å². The largest absolute Gasteiger partial charge is 0.361 e. The van der Waals surface area contributed by atoms with Gasteiger partial charge in [0, 0.05) is 52.8 Å². The normalized spacial score (nSPS) is 16.4. The zero-order valence-corrected chi connectivity index (χ0v) is 22.9. The second-order valence-electron chi connectivity index (χ2n) is 11.5. The van der Waals surface area contributed by atoms with Crippen LogP contribution in [0.5, 0.6) is 0 Å². The van der Waals surface area contributed by atoms with Gasteiger partial charge in [-0.05, 0) is 60.5 Å². The first-order valence-electron chi connectivity index (χ1n) is 14.2. The van der Waals surface area contributed by atoms with Gasteiger partial charge >= 0.3 is 0 Å². The first-order valence-corrected chi connectivity index (χ1v) is 14.2. The molecule has 2 heterocycles. The van der Waals surface area contributed by atoms with Crippen molar-refractivity contribution in [1.82, 2.24) is 20.6 Å². The maximum absolute atomic E-state index is 14.1. The van der Waals surface area contributed by atoms with Crippen molar-refractivity contribution in [2.75, 3.05) is 6.54 Å². The van der Waals surface area contributed by atoms with E-state index < -0.39 is 5.54 Å². The van der Waals surface area contributed by atoms with Crippen molar-refractivity contribution in [3.8, 4) is 0 Å². The second-order valence-corrected chi connectivity index (χ2v) is 11.5. The summed E-state index contributed by atoms with van der Waals surface area (Å²) in [4.78, 5) is 34.2. The molecule has 0 spiro atoms. The number of H-pyrrole nitrogens is 2. The van der Waals surface area contributed by atoms with E-state index in [2.05, 4.69) is 44.9 Å². The Morgan fingerprint density at radius 1 is 0.875 bits per heavy atom. The lowest BCUT2D eigenvalue weighted by Gasteiger charge is -2.39. The minimum atomic E-state index is -1.17. The topological polar surface area (TPSA) is 89.8 Å². The number of carbonyl (C=O) groups excluding carboxylic acids is 2. The van der Waals surface area contributed by atoms with Crippen molar-refractivity contribution in [2.24, 2.45) is 0 Å². The molecule has 40 heavy (non-hydrogen) atoms. The van der Waals surface area contributed by atoms with Gasteiger partial charge in [-0.2, -0.15) is 0 Å². The third-order valence-electron chi connectivity index (χ3n) is 8.71. The summed E-state index contributed by atoms with van der Waals surface area (Å²) >= 11 is 0. The van der Waals surface area contributed by atoms with Crippen LogP contribution in [-0.2, 0) is 16.6 Å². The standard InChI is InChI=1S/C34H36N4O2/c1-33(21-26-22-36-29-13-7-6-12-28(26)29,38-31(39)25-15-14-24-16-19-35-30(24)20-25)32(40)37-23-34(17-8-3-9-18-34)27-10-4-2-5-11-27/h2,4-7,10-16,19-20,22,35-36H,3,8-9,17-18,21,23H2,1H3,(H,37,40)(H,38,39). The van der Waals surface area contributed by atoms with Crippen molar-refractivity contribution >= 4 is 33.6 Å². The van der Waals surface area contributed by atoms with Gasteiger partial charge in [-0.1, -0.05) is 73.9 Å². The number of benzene rings is 3. The molecular formula is C34H36N4O2. The Morgan fingerprint density at radius 2 is 1.65 bits per heavy atom. The summed E-state index contributed by atoms with van der Waals surface area (Å²) in [5, 5.41) is 8.52. The Kier molecular flexibility index (Phi) is 6.93. The fraction of sp³-hybridized carbons (Fsp3) is 0.294. The van der Waals surface area contributed by atoms with Crippen LogP contribution in [0.2, 0.25) is 0 Å². The third-order valence-corrected chi connectivity index (χ3v) is 8.71. The minimum Gasteiger partial charge on any atom is -0.361 e. The van der Waals surface area contributed by atoms with E-state index in [1.54, 1.807) is 0 Å². The fourth-order valence-electron chi connectivity index (χ4n) is 6.38. The monoisotopic (exact) mass is 532 g/mol. The van der Waals surface area contributed by atoms with Gasteiger partial charge in [-0.25, -0.2) is 0 Å². The Labute approximate surface area is 234 Å². The van der Waals surface area contributed by atoms with Gasteiger partial charge in [0.2, 0.25) is 5.91 Å². The molecule has 6 heteroatoms. The number of fused-ring (bicyclic) bond motifs is 2. The predicted octanol–water partition coefficient (Wildman–Crippen LogP) is 6.40. The van der Waals surface area contributed by atoms with Gasteiger partial charge in [0.25, 0.3) is 5.91 Å². The molecular weight excluding hydrogens is 496 g/mol. The molecule has 1 aliphatic carbocycles. The first-order chi connectivity index (χ1) is 19.5. The average Bonchev–Trinajstić information content (AvgIpc) is 3.63. The average molecular weight is 533 g/mol. The zero-order valence-electron chi connectivity index (χ0n) is 22.9. The molecule has 5 aromatic rings. The van der Waals surface area contributed by atoms with Crippen LogP contribution >= 0.6 is 0 Å². The number of para-hydroxylation sites is 1. The summed E-state index contributed by atoms with van der Waals surface area (Å²) in [7, 11) is 0. The molecule has 1 fully saturated rings. The lowest BCUT2D eigenvalue weighted by molar-refractivity contribution is -0.127. The number of amides is 2. The molecule has 0 saturated heterocycles. The second kappa shape index (κ2) is 10.7. The van der Waals surface area contributed by atoms with Crippen LogP contribution in [0, 0.1) is 0 Å². The number of aromatic nitrogens is 2. The molecule has 6 nitrogen and oxygen atoms in total. The molecule has 0 radical (unpaired) electrons. The van der Waals surface area contributed by atoms with Crippen LogP contribution < -0.4 is 10.6 Å². The molecule has 1 aliphatic rings. The molecule has 204 valence electrons. The van der Waals surface area contributed by atoms with Crippen LogP contribution in [0.4, 0.5) is 0 Å². The molecule has 1 saturated carbocycles. The highest BCUT2D eigenvalue weighted by molar-refractivity contribution is 6.01. The maximum atomic E-state index is 14.1. The number of rotatable bonds is 8. The molecule has 1 unspecified atom stereocenters. The summed E-state index contributed by atoms with van der Waals surface area (Å²) in [6.07, 6.45) is 9.76. The van der Waals surface area contributed by atoms with Crippen molar-refractivity contribution < 1.29 is 9.59 Å². The molecule has 4 N–H and O–H groups in total. The van der Waals surface area contributed by atoms with Crippen molar-refractivity contribution in [1.29, 1.82) is 0 Å². The first kappa shape index (κ1) is 25.9. The van der Waals surface area contributed by atoms with E-state index in [4.69, 9.17) is 0 Å². The van der Waals surface area contributed by atoms with Gasteiger partial charge < -0.3 is 20.6 Å². The number of carbonyl (C=O) groups is 2. The molecule has 6 rings (SSSR count). The number of nitrogens with one attached hydrogen (secondary N) is 4. The van der Waals surface area contributed by atoms with Crippen molar-refractivity contribution in [3.05, 3.63) is 108 Å². The third kappa shape index (κ3) is 5.02. The van der Waals surface area contributed by atoms with Gasteiger partial charge in [0.05, 0.1) is 0 Å². The van der Waals surface area contributed by atoms with Crippen LogP contribution in [0.15, 0.2) is 91.3 Å². The van der Waals surface area contributed by atoms with Crippen LogP contribution in [0.3, 0.4) is 0 Å². The lowest BCUT2D eigenvalue weighted by Crippen LogP contribution is -2.59. The Morgan fingerprint density at radius 3 is 2.48 bits per heavy atom.